The van der Waals surface area contributed by atoms with E-state index >= 15 is 0 Å². The molecule has 1 aliphatic heterocycles. The van der Waals surface area contributed by atoms with Crippen molar-refractivity contribution in [3.63, 3.8) is 0 Å². The number of ketones is 2. The quantitative estimate of drug-likeness (QED) is 0.0504. The third kappa shape index (κ3) is 28.5. The molecule has 2 nitrogen and oxygen atoms in total. The Morgan fingerprint density at radius 3 is 1.11 bits per heavy atom. The summed E-state index contributed by atoms with van der Waals surface area (Å²) in [7, 11) is 0. The van der Waals surface area contributed by atoms with Crippen LogP contribution in [0.15, 0.2) is 122 Å². The molecule has 3 aliphatic carbocycles. The molecule has 4 atom stereocenters. The average Bonchev–Trinajstić information content (AvgIpc) is 3.97. The first-order valence-corrected chi connectivity index (χ1v) is 23.7. The van der Waals surface area contributed by atoms with Crippen LogP contribution in [-0.4, -0.2) is 22.1 Å². The van der Waals surface area contributed by atoms with E-state index in [9.17, 15) is 9.59 Å². The van der Waals surface area contributed by atoms with Gasteiger partial charge in [-0.3, -0.25) is 9.59 Å². The summed E-state index contributed by atoms with van der Waals surface area (Å²) in [4.78, 5) is 23.3. The second-order valence-electron chi connectivity index (χ2n) is 16.3. The fourth-order valence-corrected chi connectivity index (χ4v) is 7.68. The van der Waals surface area contributed by atoms with Gasteiger partial charge < -0.3 is 0 Å². The molecular formula is C53H78O2S. The maximum atomic E-state index is 11.7. The van der Waals surface area contributed by atoms with Crippen molar-refractivity contribution >= 4 is 23.3 Å². The molecule has 4 unspecified atom stereocenters. The molecule has 4 fully saturated rings. The first kappa shape index (κ1) is 47.5. The molecule has 1 heterocycles. The molecule has 0 N–H and O–H groups in total. The highest BCUT2D eigenvalue weighted by Crippen LogP contribution is 2.46. The summed E-state index contributed by atoms with van der Waals surface area (Å²) in [6, 6.07) is 0. The molecule has 0 aromatic rings. The van der Waals surface area contributed by atoms with Gasteiger partial charge in [-0.25, -0.2) is 0 Å². The van der Waals surface area contributed by atoms with Gasteiger partial charge in [0.25, 0.3) is 0 Å². The highest BCUT2D eigenvalue weighted by molar-refractivity contribution is 8.07. The van der Waals surface area contributed by atoms with Crippen LogP contribution in [0.5, 0.6) is 0 Å². The number of allylic oxidation sites excluding steroid dienone is 20. The normalized spacial score (nSPS) is 22.6. The molecule has 4 rings (SSSR count). The van der Waals surface area contributed by atoms with Crippen molar-refractivity contribution in [3.05, 3.63) is 122 Å². The van der Waals surface area contributed by atoms with E-state index in [1.54, 1.807) is 0 Å². The SMILES string of the molecule is CC/C=C\C/C=C\C/C=C\CC1CC1C/C=C\C/C=C\CCC(=O)CC1CC1.CC/C=C\C/C=C\C/C=C\CC1SC1C/C=C\C/C=C\CCC(=O)CC1CC1. The smallest absolute Gasteiger partial charge is 0.133 e. The van der Waals surface area contributed by atoms with Crippen molar-refractivity contribution in [3.8, 4) is 0 Å². The molecule has 4 aliphatic rings. The van der Waals surface area contributed by atoms with E-state index in [4.69, 9.17) is 0 Å². The number of hydrogen-bond acceptors (Lipinski definition) is 3. The monoisotopic (exact) mass is 779 g/mol. The van der Waals surface area contributed by atoms with Crippen LogP contribution in [0.2, 0.25) is 0 Å². The lowest BCUT2D eigenvalue weighted by atomic mass is 10.1. The molecule has 308 valence electrons. The van der Waals surface area contributed by atoms with Crippen LogP contribution in [0, 0.1) is 23.7 Å². The summed E-state index contributed by atoms with van der Waals surface area (Å²) in [6.07, 6.45) is 70.1. The van der Waals surface area contributed by atoms with Crippen molar-refractivity contribution < 1.29 is 9.59 Å². The largest absolute Gasteiger partial charge is 0.300 e. The molecule has 3 heteroatoms. The van der Waals surface area contributed by atoms with Crippen molar-refractivity contribution in [1.82, 2.24) is 0 Å². The minimum Gasteiger partial charge on any atom is -0.300 e. The zero-order valence-electron chi connectivity index (χ0n) is 35.5. The Labute approximate surface area is 348 Å². The highest BCUT2D eigenvalue weighted by Gasteiger charge is 2.35. The van der Waals surface area contributed by atoms with Gasteiger partial charge in [0.05, 0.1) is 0 Å². The molecule has 0 radical (unpaired) electrons. The van der Waals surface area contributed by atoms with Crippen LogP contribution in [0.4, 0.5) is 0 Å². The summed E-state index contributed by atoms with van der Waals surface area (Å²) < 4.78 is 0. The summed E-state index contributed by atoms with van der Waals surface area (Å²) >= 11 is 2.11. The first-order valence-electron chi connectivity index (χ1n) is 22.8. The topological polar surface area (TPSA) is 34.1 Å². The highest BCUT2D eigenvalue weighted by atomic mass is 32.2. The van der Waals surface area contributed by atoms with Crippen molar-refractivity contribution in [2.24, 2.45) is 23.7 Å². The summed E-state index contributed by atoms with van der Waals surface area (Å²) in [5.74, 6) is 4.18. The average molecular weight is 779 g/mol. The zero-order chi connectivity index (χ0) is 39.7. The van der Waals surface area contributed by atoms with Gasteiger partial charge in [-0.05, 0) is 146 Å². The number of hydrogen-bond donors (Lipinski definition) is 0. The van der Waals surface area contributed by atoms with Gasteiger partial charge in [0.1, 0.15) is 11.6 Å². The van der Waals surface area contributed by atoms with Crippen LogP contribution < -0.4 is 0 Å². The molecule has 3 saturated carbocycles. The van der Waals surface area contributed by atoms with Crippen LogP contribution in [0.3, 0.4) is 0 Å². The lowest BCUT2D eigenvalue weighted by molar-refractivity contribution is -0.120. The molecule has 0 bridgehead atoms. The Morgan fingerprint density at radius 1 is 0.429 bits per heavy atom. The second-order valence-corrected chi connectivity index (χ2v) is 17.8. The standard InChI is InChI=1S/C27H40O.C26H38OS/c1-2-3-4-5-6-7-8-11-14-17-25-23-26(25)18-15-12-9-10-13-16-19-27(28)22-24-20-21-24;1-2-3-4-5-6-7-8-12-15-18-25-26(28-25)19-16-13-10-9-11-14-17-24(27)22-23-20-21-23/h3-4,6-7,10-15,24-26H,2,5,8-9,16-23H2,1H3;3-4,6-7,9,11-13,15-16,23,25-26H,2,5,8,10,14,17-22H2,1H3/b4-3-,7-6-,13-10-,14-11-,15-12-;4-3-,7-6-,11-9-,15-12-,16-13-. The van der Waals surface area contributed by atoms with Crippen LogP contribution >= 0.6 is 11.8 Å². The molecule has 0 amide bonds. The Hall–Kier alpha value is -2.91. The van der Waals surface area contributed by atoms with Crippen LogP contribution in [-0.2, 0) is 9.59 Å². The number of Topliss-reactive ketones (excluding diaryl/α,β-unsaturated/α-hetero) is 2. The predicted molar refractivity (Wildman–Crippen MR) is 248 cm³/mol. The van der Waals surface area contributed by atoms with Crippen LogP contribution in [0.25, 0.3) is 0 Å². The Morgan fingerprint density at radius 2 is 0.750 bits per heavy atom. The molecule has 0 aromatic heterocycles. The van der Waals surface area contributed by atoms with Crippen molar-refractivity contribution in [2.75, 3.05) is 0 Å². The molecule has 0 aromatic carbocycles. The summed E-state index contributed by atoms with van der Waals surface area (Å²) in [6.45, 7) is 4.34. The van der Waals surface area contributed by atoms with Gasteiger partial charge in [-0.2, -0.15) is 11.8 Å². The molecule has 0 spiro atoms. The summed E-state index contributed by atoms with van der Waals surface area (Å²) in [5.41, 5.74) is 0. The molecular weight excluding hydrogens is 701 g/mol. The fourth-order valence-electron chi connectivity index (χ4n) is 6.66. The maximum absolute atomic E-state index is 11.7. The maximum Gasteiger partial charge on any atom is 0.133 e. The number of rotatable bonds is 32. The summed E-state index contributed by atoms with van der Waals surface area (Å²) in [5, 5.41) is 1.64. The van der Waals surface area contributed by atoms with Gasteiger partial charge in [0.2, 0.25) is 0 Å². The minimum absolute atomic E-state index is 0.452. The number of carbonyl (C=O) groups is 2. The zero-order valence-corrected chi connectivity index (χ0v) is 36.3. The molecule has 1 saturated heterocycles. The Kier molecular flexibility index (Phi) is 27.2. The minimum atomic E-state index is 0.452. The predicted octanol–water partition coefficient (Wildman–Crippen LogP) is 15.7. The Balaban J connectivity index is 0.000000300. The van der Waals surface area contributed by atoms with E-state index in [0.29, 0.717) is 11.6 Å². The van der Waals surface area contributed by atoms with E-state index in [0.717, 1.165) is 124 Å². The lowest BCUT2D eigenvalue weighted by Crippen LogP contribution is -1.97. The van der Waals surface area contributed by atoms with E-state index in [1.807, 2.05) is 0 Å². The van der Waals surface area contributed by atoms with Crippen molar-refractivity contribution in [1.29, 1.82) is 0 Å². The third-order valence-corrected chi connectivity index (χ3v) is 12.2. The molecule has 56 heavy (non-hydrogen) atoms. The van der Waals surface area contributed by atoms with Crippen molar-refractivity contribution in [2.45, 2.75) is 172 Å². The van der Waals surface area contributed by atoms with E-state index < -0.39 is 0 Å². The lowest BCUT2D eigenvalue weighted by Gasteiger charge is -1.95. The van der Waals surface area contributed by atoms with E-state index in [2.05, 4.69) is 147 Å². The number of carbonyl (C=O) groups excluding carboxylic acids is 2. The van der Waals surface area contributed by atoms with Gasteiger partial charge in [0, 0.05) is 36.2 Å². The number of thioether (sulfide) groups is 1. The van der Waals surface area contributed by atoms with Gasteiger partial charge in [0.15, 0.2) is 0 Å². The van der Waals surface area contributed by atoms with Gasteiger partial charge in [-0.15, -0.1) is 0 Å². The van der Waals surface area contributed by atoms with E-state index in [1.165, 1.54) is 57.8 Å². The third-order valence-electron chi connectivity index (χ3n) is 10.7. The van der Waals surface area contributed by atoms with E-state index in [-0.39, 0.29) is 0 Å². The van der Waals surface area contributed by atoms with Gasteiger partial charge >= 0.3 is 0 Å². The van der Waals surface area contributed by atoms with Gasteiger partial charge in [-0.1, -0.05) is 135 Å². The first-order chi connectivity index (χ1) is 27.6. The Bertz CT molecular complexity index is 1250. The fraction of sp³-hybridized carbons (Fsp3) is 0.585. The van der Waals surface area contributed by atoms with Crippen LogP contribution in [0.1, 0.15) is 162 Å². The second kappa shape index (κ2) is 32.1.